The minimum Gasteiger partial charge on any atom is -0.493 e. The average Bonchev–Trinajstić information content (AvgIpc) is 3.30. The molecule has 0 saturated heterocycles. The number of amides is 1. The zero-order valence-electron chi connectivity index (χ0n) is 16.8. The molecular weight excluding hydrogens is 386 g/mol. The summed E-state index contributed by atoms with van der Waals surface area (Å²) in [6.45, 7) is 2.09. The number of esters is 1. The smallest absolute Gasteiger partial charge is 0.339 e. The molecule has 0 aliphatic carbocycles. The van der Waals surface area contributed by atoms with Crippen molar-refractivity contribution in [1.82, 2.24) is 5.32 Å². The first-order chi connectivity index (χ1) is 14.6. The SMILES string of the molecule is COc1cc(C(=O)O[C@@H](C)C(=O)NCc2ccco2)ccc1OCc1ccccc1. The van der Waals surface area contributed by atoms with Crippen molar-refractivity contribution in [3.05, 3.63) is 83.8 Å². The summed E-state index contributed by atoms with van der Waals surface area (Å²) in [5.74, 6) is 0.452. The second-order valence-electron chi connectivity index (χ2n) is 6.48. The Morgan fingerprint density at radius 1 is 1.03 bits per heavy atom. The van der Waals surface area contributed by atoms with Gasteiger partial charge < -0.3 is 23.9 Å². The van der Waals surface area contributed by atoms with E-state index >= 15 is 0 Å². The lowest BCUT2D eigenvalue weighted by molar-refractivity contribution is -0.129. The molecule has 7 nitrogen and oxygen atoms in total. The Labute approximate surface area is 174 Å². The third kappa shape index (κ3) is 5.64. The summed E-state index contributed by atoms with van der Waals surface area (Å²) in [5, 5.41) is 2.65. The van der Waals surface area contributed by atoms with Crippen molar-refractivity contribution < 1.29 is 28.2 Å². The fraction of sp³-hybridized carbons (Fsp3) is 0.217. The van der Waals surface area contributed by atoms with Crippen molar-refractivity contribution >= 4 is 11.9 Å². The Balaban J connectivity index is 1.57. The molecule has 1 N–H and O–H groups in total. The van der Waals surface area contributed by atoms with Gasteiger partial charge in [-0.15, -0.1) is 0 Å². The van der Waals surface area contributed by atoms with Gasteiger partial charge in [0.25, 0.3) is 5.91 Å². The number of methoxy groups -OCH3 is 1. The Bertz CT molecular complexity index is 969. The Morgan fingerprint density at radius 2 is 1.83 bits per heavy atom. The van der Waals surface area contributed by atoms with Gasteiger partial charge in [-0.05, 0) is 42.8 Å². The standard InChI is InChI=1S/C23H23NO6/c1-16(22(25)24-14-19-9-6-12-28-19)30-23(26)18-10-11-20(21(13-18)27-2)29-15-17-7-4-3-5-8-17/h3-13,16H,14-15H2,1-2H3,(H,24,25)/t16-/m0/s1. The lowest BCUT2D eigenvalue weighted by atomic mass is 10.2. The van der Waals surface area contributed by atoms with E-state index in [1.54, 1.807) is 24.3 Å². The highest BCUT2D eigenvalue weighted by Crippen LogP contribution is 2.29. The highest BCUT2D eigenvalue weighted by Gasteiger charge is 2.20. The molecule has 0 unspecified atom stereocenters. The normalized spacial score (nSPS) is 11.4. The summed E-state index contributed by atoms with van der Waals surface area (Å²) in [6.07, 6.45) is 0.554. The third-order valence-corrected chi connectivity index (χ3v) is 4.31. The van der Waals surface area contributed by atoms with E-state index in [2.05, 4.69) is 5.32 Å². The number of ether oxygens (including phenoxy) is 3. The van der Waals surface area contributed by atoms with Crippen molar-refractivity contribution in [1.29, 1.82) is 0 Å². The van der Waals surface area contributed by atoms with Crippen molar-refractivity contribution in [2.24, 2.45) is 0 Å². The van der Waals surface area contributed by atoms with Crippen LogP contribution in [0.1, 0.15) is 28.6 Å². The van der Waals surface area contributed by atoms with Crippen molar-refractivity contribution in [2.75, 3.05) is 7.11 Å². The molecule has 1 atom stereocenters. The van der Waals surface area contributed by atoms with Gasteiger partial charge in [0.1, 0.15) is 12.4 Å². The van der Waals surface area contributed by atoms with Crippen LogP contribution >= 0.6 is 0 Å². The number of nitrogens with one attached hydrogen (secondary N) is 1. The molecule has 3 aromatic rings. The van der Waals surface area contributed by atoms with E-state index in [0.29, 0.717) is 23.9 Å². The van der Waals surface area contributed by atoms with Gasteiger partial charge in [-0.25, -0.2) is 4.79 Å². The van der Waals surface area contributed by atoms with E-state index < -0.39 is 18.0 Å². The summed E-state index contributed by atoms with van der Waals surface area (Å²) in [7, 11) is 1.49. The van der Waals surface area contributed by atoms with Crippen molar-refractivity contribution in [2.45, 2.75) is 26.2 Å². The molecule has 1 amide bonds. The molecule has 3 rings (SSSR count). The minimum atomic E-state index is -0.965. The molecule has 1 heterocycles. The van der Waals surface area contributed by atoms with Gasteiger partial charge in [0.05, 0.1) is 25.5 Å². The van der Waals surface area contributed by atoms with Crippen molar-refractivity contribution in [3.63, 3.8) is 0 Å². The molecule has 0 bridgehead atoms. The molecule has 7 heteroatoms. The highest BCUT2D eigenvalue weighted by atomic mass is 16.5. The number of hydrogen-bond acceptors (Lipinski definition) is 6. The zero-order chi connectivity index (χ0) is 21.3. The average molecular weight is 409 g/mol. The first-order valence-electron chi connectivity index (χ1n) is 9.42. The van der Waals surface area contributed by atoms with E-state index in [-0.39, 0.29) is 12.1 Å². The summed E-state index contributed by atoms with van der Waals surface area (Å²) >= 11 is 0. The van der Waals surface area contributed by atoms with Gasteiger partial charge in [0.2, 0.25) is 0 Å². The molecule has 0 radical (unpaired) electrons. The molecule has 30 heavy (non-hydrogen) atoms. The largest absolute Gasteiger partial charge is 0.493 e. The number of carbonyl (C=O) groups is 2. The van der Waals surface area contributed by atoms with E-state index in [4.69, 9.17) is 18.6 Å². The van der Waals surface area contributed by atoms with Gasteiger partial charge >= 0.3 is 5.97 Å². The topological polar surface area (TPSA) is 87.0 Å². The number of furan rings is 1. The minimum absolute atomic E-state index is 0.217. The Hall–Kier alpha value is -3.74. The number of carbonyl (C=O) groups excluding carboxylic acids is 2. The van der Waals surface area contributed by atoms with Crippen LogP contribution in [0.3, 0.4) is 0 Å². The first-order valence-corrected chi connectivity index (χ1v) is 9.42. The van der Waals surface area contributed by atoms with E-state index in [9.17, 15) is 9.59 Å². The molecule has 156 valence electrons. The van der Waals surface area contributed by atoms with E-state index in [1.165, 1.54) is 26.4 Å². The molecular formula is C23H23NO6. The monoisotopic (exact) mass is 409 g/mol. The third-order valence-electron chi connectivity index (χ3n) is 4.31. The van der Waals surface area contributed by atoms with Gasteiger partial charge in [0.15, 0.2) is 17.6 Å². The lowest BCUT2D eigenvalue weighted by Crippen LogP contribution is -2.35. The number of rotatable bonds is 9. The zero-order valence-corrected chi connectivity index (χ0v) is 16.8. The maximum atomic E-state index is 12.4. The molecule has 0 saturated carbocycles. The van der Waals surface area contributed by atoms with Crippen LogP contribution in [-0.2, 0) is 22.7 Å². The highest BCUT2D eigenvalue weighted by molar-refractivity contribution is 5.92. The Morgan fingerprint density at radius 3 is 2.53 bits per heavy atom. The van der Waals surface area contributed by atoms with Crippen LogP contribution in [-0.4, -0.2) is 25.1 Å². The van der Waals surface area contributed by atoms with Crippen LogP contribution in [0.25, 0.3) is 0 Å². The molecule has 0 spiro atoms. The second-order valence-corrected chi connectivity index (χ2v) is 6.48. The van der Waals surface area contributed by atoms with Crippen LogP contribution in [0.2, 0.25) is 0 Å². The van der Waals surface area contributed by atoms with Crippen LogP contribution in [0.4, 0.5) is 0 Å². The summed E-state index contributed by atoms with van der Waals surface area (Å²) in [4.78, 5) is 24.6. The van der Waals surface area contributed by atoms with Crippen LogP contribution in [0.15, 0.2) is 71.3 Å². The molecule has 0 aliphatic rings. The van der Waals surface area contributed by atoms with Gasteiger partial charge in [0, 0.05) is 0 Å². The maximum absolute atomic E-state index is 12.4. The maximum Gasteiger partial charge on any atom is 0.339 e. The molecule has 1 aromatic heterocycles. The van der Waals surface area contributed by atoms with Gasteiger partial charge in [-0.2, -0.15) is 0 Å². The van der Waals surface area contributed by atoms with Crippen LogP contribution < -0.4 is 14.8 Å². The van der Waals surface area contributed by atoms with E-state index in [0.717, 1.165) is 5.56 Å². The summed E-state index contributed by atoms with van der Waals surface area (Å²) < 4.78 is 21.5. The predicted octanol–water partition coefficient (Wildman–Crippen LogP) is 3.73. The number of hydrogen-bond donors (Lipinski definition) is 1. The van der Waals surface area contributed by atoms with Crippen molar-refractivity contribution in [3.8, 4) is 11.5 Å². The second kappa shape index (κ2) is 10.2. The lowest BCUT2D eigenvalue weighted by Gasteiger charge is -2.15. The first kappa shape index (κ1) is 21.0. The summed E-state index contributed by atoms with van der Waals surface area (Å²) in [6, 6.07) is 17.9. The molecule has 0 aliphatic heterocycles. The fourth-order valence-corrected chi connectivity index (χ4v) is 2.66. The van der Waals surface area contributed by atoms with Gasteiger partial charge in [-0.1, -0.05) is 30.3 Å². The van der Waals surface area contributed by atoms with Crippen LogP contribution in [0, 0.1) is 0 Å². The predicted molar refractivity (Wildman–Crippen MR) is 109 cm³/mol. The summed E-state index contributed by atoms with van der Waals surface area (Å²) in [5.41, 5.74) is 1.27. The van der Waals surface area contributed by atoms with Crippen LogP contribution in [0.5, 0.6) is 11.5 Å². The van der Waals surface area contributed by atoms with Gasteiger partial charge in [-0.3, -0.25) is 4.79 Å². The van der Waals surface area contributed by atoms with E-state index in [1.807, 2.05) is 30.3 Å². The molecule has 0 fully saturated rings. The molecule has 2 aromatic carbocycles. The Kier molecular flexibility index (Phi) is 7.10. The number of benzene rings is 2. The fourth-order valence-electron chi connectivity index (χ4n) is 2.66. The quantitative estimate of drug-likeness (QED) is 0.542.